The van der Waals surface area contributed by atoms with Crippen molar-refractivity contribution in [1.29, 1.82) is 0 Å². The lowest BCUT2D eigenvalue weighted by Crippen LogP contribution is -2.29. The van der Waals surface area contributed by atoms with Crippen LogP contribution in [0, 0.1) is 5.92 Å². The van der Waals surface area contributed by atoms with E-state index in [4.69, 9.17) is 0 Å². The largest absolute Gasteiger partial charge is 0.347 e. The summed E-state index contributed by atoms with van der Waals surface area (Å²) in [6.45, 7) is 6.19. The molecule has 0 saturated carbocycles. The van der Waals surface area contributed by atoms with E-state index in [1.54, 1.807) is 6.20 Å². The minimum absolute atomic E-state index is 0.0600. The smallest absolute Gasteiger partial charge is 0.261 e. The van der Waals surface area contributed by atoms with Crippen molar-refractivity contribution in [2.24, 2.45) is 5.92 Å². The third-order valence-corrected chi connectivity index (χ3v) is 6.54. The zero-order chi connectivity index (χ0) is 20.4. The number of carbonyl (C=O) groups is 2. The molecule has 6 nitrogen and oxygen atoms in total. The highest BCUT2D eigenvalue weighted by atomic mass is 32.1. The monoisotopic (exact) mass is 410 g/mol. The minimum atomic E-state index is -0.0600. The lowest BCUT2D eigenvalue weighted by atomic mass is 10.1. The van der Waals surface area contributed by atoms with Crippen molar-refractivity contribution in [2.75, 3.05) is 13.1 Å². The molecule has 152 valence electrons. The first-order valence-corrected chi connectivity index (χ1v) is 10.9. The van der Waals surface area contributed by atoms with Crippen molar-refractivity contribution < 1.29 is 9.59 Å². The molecular formula is C22H26N4O2S. The highest BCUT2D eigenvalue weighted by Gasteiger charge is 2.28. The second-order valence-corrected chi connectivity index (χ2v) is 9.15. The van der Waals surface area contributed by atoms with E-state index in [1.807, 2.05) is 46.0 Å². The normalized spacial score (nSPS) is 16.7. The van der Waals surface area contributed by atoms with Crippen LogP contribution >= 0.6 is 11.3 Å². The van der Waals surface area contributed by atoms with Gasteiger partial charge < -0.3 is 14.6 Å². The minimum Gasteiger partial charge on any atom is -0.347 e. The van der Waals surface area contributed by atoms with Crippen LogP contribution in [-0.4, -0.2) is 39.2 Å². The Hall–Kier alpha value is -2.67. The van der Waals surface area contributed by atoms with Crippen LogP contribution in [0.15, 0.2) is 42.9 Å². The van der Waals surface area contributed by atoms with E-state index in [0.29, 0.717) is 29.7 Å². The van der Waals surface area contributed by atoms with Gasteiger partial charge in [0.2, 0.25) is 5.91 Å². The second-order valence-electron chi connectivity index (χ2n) is 8.04. The molecule has 1 fully saturated rings. The molecule has 1 N–H and O–H groups in total. The molecule has 0 radical (unpaired) electrons. The number of fused-ring (bicyclic) bond motifs is 1. The molecule has 3 aromatic rings. The van der Waals surface area contributed by atoms with Gasteiger partial charge in [0.25, 0.3) is 5.91 Å². The van der Waals surface area contributed by atoms with Gasteiger partial charge in [0.15, 0.2) is 0 Å². The molecular weight excluding hydrogens is 384 g/mol. The summed E-state index contributed by atoms with van der Waals surface area (Å²) >= 11 is 1.54. The fraction of sp³-hybridized carbons (Fsp3) is 0.409. The second kappa shape index (κ2) is 8.37. The molecule has 0 aromatic carbocycles. The number of amides is 2. The van der Waals surface area contributed by atoms with Crippen LogP contribution in [0.4, 0.5) is 0 Å². The molecule has 0 aliphatic carbocycles. The molecule has 0 bridgehead atoms. The first kappa shape index (κ1) is 19.6. The topological polar surface area (TPSA) is 66.7 Å². The molecule has 1 atom stereocenters. The quantitative estimate of drug-likeness (QED) is 0.674. The first-order chi connectivity index (χ1) is 14.0. The Labute approximate surface area is 174 Å². The summed E-state index contributed by atoms with van der Waals surface area (Å²) in [4.78, 5) is 33.0. The summed E-state index contributed by atoms with van der Waals surface area (Å²) < 4.78 is 1.94. The number of rotatable bonds is 6. The van der Waals surface area contributed by atoms with Crippen LogP contribution in [0.5, 0.6) is 0 Å². The van der Waals surface area contributed by atoms with Gasteiger partial charge in [-0.2, -0.15) is 0 Å². The van der Waals surface area contributed by atoms with Crippen molar-refractivity contribution in [3.63, 3.8) is 0 Å². The van der Waals surface area contributed by atoms with Gasteiger partial charge in [-0.05, 0) is 42.2 Å². The third kappa shape index (κ3) is 4.50. The summed E-state index contributed by atoms with van der Waals surface area (Å²) in [7, 11) is 0. The average Bonchev–Trinajstić information content (AvgIpc) is 3.44. The van der Waals surface area contributed by atoms with Crippen LogP contribution in [-0.2, 0) is 11.3 Å². The Morgan fingerprint density at radius 1 is 1.28 bits per heavy atom. The lowest BCUT2D eigenvalue weighted by Gasteiger charge is -2.17. The number of thiophene rings is 1. The number of carbonyl (C=O) groups excluding carboxylic acids is 2. The van der Waals surface area contributed by atoms with E-state index in [1.165, 1.54) is 16.2 Å². The van der Waals surface area contributed by atoms with Gasteiger partial charge in [-0.3, -0.25) is 9.59 Å². The van der Waals surface area contributed by atoms with E-state index in [0.717, 1.165) is 30.7 Å². The molecule has 1 unspecified atom stereocenters. The molecule has 1 aliphatic rings. The number of nitrogens with zero attached hydrogens (tertiary/aromatic N) is 3. The van der Waals surface area contributed by atoms with Crippen molar-refractivity contribution in [1.82, 2.24) is 19.6 Å². The van der Waals surface area contributed by atoms with Crippen molar-refractivity contribution in [2.45, 2.75) is 39.2 Å². The highest BCUT2D eigenvalue weighted by Crippen LogP contribution is 2.32. The van der Waals surface area contributed by atoms with E-state index >= 15 is 0 Å². The van der Waals surface area contributed by atoms with Gasteiger partial charge in [0.05, 0.1) is 4.88 Å². The molecule has 4 heterocycles. The van der Waals surface area contributed by atoms with Crippen LogP contribution in [0.3, 0.4) is 0 Å². The number of imidazole rings is 1. The number of hydrogen-bond acceptors (Lipinski definition) is 4. The van der Waals surface area contributed by atoms with Crippen LogP contribution < -0.4 is 5.32 Å². The molecule has 1 aliphatic heterocycles. The fourth-order valence-corrected chi connectivity index (χ4v) is 4.77. The Morgan fingerprint density at radius 3 is 2.97 bits per heavy atom. The Kier molecular flexibility index (Phi) is 5.67. The zero-order valence-corrected chi connectivity index (χ0v) is 17.6. The molecule has 0 spiro atoms. The zero-order valence-electron chi connectivity index (χ0n) is 16.8. The fourth-order valence-electron chi connectivity index (χ4n) is 3.72. The number of aromatic nitrogens is 2. The predicted molar refractivity (Wildman–Crippen MR) is 114 cm³/mol. The van der Waals surface area contributed by atoms with Crippen LogP contribution in [0.25, 0.3) is 5.65 Å². The highest BCUT2D eigenvalue weighted by molar-refractivity contribution is 7.14. The van der Waals surface area contributed by atoms with Gasteiger partial charge in [-0.15, -0.1) is 11.3 Å². The van der Waals surface area contributed by atoms with Crippen molar-refractivity contribution in [3.8, 4) is 0 Å². The van der Waals surface area contributed by atoms with Gasteiger partial charge >= 0.3 is 0 Å². The summed E-state index contributed by atoms with van der Waals surface area (Å²) in [5, 5.41) is 2.99. The van der Waals surface area contributed by atoms with E-state index < -0.39 is 0 Å². The van der Waals surface area contributed by atoms with Gasteiger partial charge in [-0.1, -0.05) is 13.8 Å². The Balaban J connectivity index is 1.33. The SMILES string of the molecule is CC(C)CC(=O)N1CCC(c2ccc(C(=O)NCc3ccn4ccnc4c3)s2)C1. The first-order valence-electron chi connectivity index (χ1n) is 10.1. The summed E-state index contributed by atoms with van der Waals surface area (Å²) in [5.41, 5.74) is 1.89. The van der Waals surface area contributed by atoms with Crippen molar-refractivity contribution >= 4 is 28.8 Å². The maximum Gasteiger partial charge on any atom is 0.261 e. The van der Waals surface area contributed by atoms with E-state index in [2.05, 4.69) is 24.1 Å². The van der Waals surface area contributed by atoms with E-state index in [9.17, 15) is 9.59 Å². The van der Waals surface area contributed by atoms with Crippen LogP contribution in [0.2, 0.25) is 0 Å². The number of nitrogens with one attached hydrogen (secondary N) is 1. The average molecular weight is 411 g/mol. The van der Waals surface area contributed by atoms with Gasteiger partial charge in [-0.25, -0.2) is 4.98 Å². The molecule has 1 saturated heterocycles. The molecule has 2 amide bonds. The Bertz CT molecular complexity index is 1020. The predicted octanol–water partition coefficient (Wildman–Crippen LogP) is 3.69. The molecule has 7 heteroatoms. The summed E-state index contributed by atoms with van der Waals surface area (Å²) in [5.74, 6) is 0.898. The molecule has 3 aromatic heterocycles. The Morgan fingerprint density at radius 2 is 2.14 bits per heavy atom. The number of likely N-dealkylation sites (tertiary alicyclic amines) is 1. The van der Waals surface area contributed by atoms with Crippen molar-refractivity contribution in [3.05, 3.63) is 58.2 Å². The van der Waals surface area contributed by atoms with Gasteiger partial charge in [0, 0.05) is 55.4 Å². The molecule has 4 rings (SSSR count). The van der Waals surface area contributed by atoms with Gasteiger partial charge in [0.1, 0.15) is 5.65 Å². The van der Waals surface area contributed by atoms with E-state index in [-0.39, 0.29) is 11.8 Å². The number of hydrogen-bond donors (Lipinski definition) is 1. The summed E-state index contributed by atoms with van der Waals surface area (Å²) in [6, 6.07) is 7.89. The lowest BCUT2D eigenvalue weighted by molar-refractivity contribution is -0.130. The maximum absolute atomic E-state index is 12.6. The third-order valence-electron chi connectivity index (χ3n) is 5.29. The maximum atomic E-state index is 12.6. The summed E-state index contributed by atoms with van der Waals surface area (Å²) in [6.07, 6.45) is 7.17. The van der Waals surface area contributed by atoms with Crippen LogP contribution in [0.1, 0.15) is 52.7 Å². The number of pyridine rings is 1. The standard InChI is InChI=1S/C22H26N4O2S/c1-15(2)11-21(27)26-9-6-17(14-26)18-3-4-19(29-18)22(28)24-13-16-5-8-25-10-7-23-20(25)12-16/h3-5,7-8,10,12,15,17H,6,9,11,13-14H2,1-2H3,(H,24,28). The molecule has 29 heavy (non-hydrogen) atoms.